The van der Waals surface area contributed by atoms with Crippen LogP contribution in [0.4, 0.5) is 0 Å². The van der Waals surface area contributed by atoms with Gasteiger partial charge in [-0.25, -0.2) is 17.7 Å². The molecule has 0 saturated carbocycles. The van der Waals surface area contributed by atoms with Gasteiger partial charge in [-0.05, 0) is 42.3 Å². The van der Waals surface area contributed by atoms with E-state index in [1.54, 1.807) is 24.3 Å². The normalized spacial score (nSPS) is 13.1. The Balaban J connectivity index is 0.00000320. The van der Waals surface area contributed by atoms with Gasteiger partial charge in [-0.3, -0.25) is 0 Å². The number of rotatable bonds is 7. The van der Waals surface area contributed by atoms with Gasteiger partial charge in [0, 0.05) is 27.2 Å². The van der Waals surface area contributed by atoms with Gasteiger partial charge in [0.05, 0.1) is 11.4 Å². The van der Waals surface area contributed by atoms with E-state index >= 15 is 0 Å². The summed E-state index contributed by atoms with van der Waals surface area (Å²) < 4.78 is 36.2. The summed E-state index contributed by atoms with van der Waals surface area (Å²) in [4.78, 5) is 4.87. The second-order valence-corrected chi connectivity index (χ2v) is 8.82. The van der Waals surface area contributed by atoms with Crippen molar-refractivity contribution >= 4 is 40.0 Å². The largest absolute Gasteiger partial charge is 0.454 e. The molecule has 8 nitrogen and oxygen atoms in total. The number of nitrogens with one attached hydrogen (secondary N) is 2. The highest BCUT2D eigenvalue weighted by molar-refractivity contribution is 14.0. The lowest BCUT2D eigenvalue weighted by Gasteiger charge is -2.13. The minimum absolute atomic E-state index is 0. The molecule has 0 amide bonds. The Morgan fingerprint density at radius 1 is 1.03 bits per heavy atom. The van der Waals surface area contributed by atoms with Crippen molar-refractivity contribution in [3.8, 4) is 11.5 Å². The SMILES string of the molecule is CCNC(=NCc1ccc2c(c1)OCO2)NCc1ccc(S(=O)(=O)N(C)C)cc1.I. The third-order valence-corrected chi connectivity index (χ3v) is 6.19. The second kappa shape index (κ2) is 10.8. The quantitative estimate of drug-likeness (QED) is 0.315. The van der Waals surface area contributed by atoms with E-state index in [0.29, 0.717) is 19.0 Å². The lowest BCUT2D eigenvalue weighted by atomic mass is 10.2. The van der Waals surface area contributed by atoms with E-state index in [1.807, 2.05) is 25.1 Å². The highest BCUT2D eigenvalue weighted by Gasteiger charge is 2.16. The smallest absolute Gasteiger partial charge is 0.242 e. The molecule has 30 heavy (non-hydrogen) atoms. The van der Waals surface area contributed by atoms with E-state index in [0.717, 1.165) is 29.2 Å². The fourth-order valence-electron chi connectivity index (χ4n) is 2.73. The molecule has 0 atom stereocenters. The van der Waals surface area contributed by atoms with E-state index in [1.165, 1.54) is 18.4 Å². The zero-order valence-electron chi connectivity index (χ0n) is 17.2. The van der Waals surface area contributed by atoms with Crippen LogP contribution in [-0.2, 0) is 23.1 Å². The first-order chi connectivity index (χ1) is 13.9. The summed E-state index contributed by atoms with van der Waals surface area (Å²) in [5.41, 5.74) is 1.97. The predicted octanol–water partition coefficient (Wildman–Crippen LogP) is 2.54. The van der Waals surface area contributed by atoms with Gasteiger partial charge in [0.1, 0.15) is 0 Å². The maximum atomic E-state index is 12.1. The first-order valence-electron chi connectivity index (χ1n) is 9.32. The second-order valence-electron chi connectivity index (χ2n) is 6.67. The van der Waals surface area contributed by atoms with E-state index < -0.39 is 10.0 Å². The van der Waals surface area contributed by atoms with Crippen LogP contribution in [0, 0.1) is 0 Å². The van der Waals surface area contributed by atoms with E-state index in [9.17, 15) is 8.42 Å². The van der Waals surface area contributed by atoms with Crippen LogP contribution in [-0.4, -0.2) is 46.1 Å². The number of nitrogens with zero attached hydrogens (tertiary/aromatic N) is 2. The minimum atomic E-state index is -3.42. The Morgan fingerprint density at radius 3 is 2.37 bits per heavy atom. The van der Waals surface area contributed by atoms with Gasteiger partial charge in [0.15, 0.2) is 17.5 Å². The standard InChI is InChI=1S/C20H26N4O4S.HI/c1-4-21-20(23-13-16-7-10-18-19(11-16)28-14-27-18)22-12-15-5-8-17(9-6-15)29(25,26)24(2)3;/h5-11H,4,12-14H2,1-3H3,(H2,21,22,23);1H. The average molecular weight is 546 g/mol. The third-order valence-electron chi connectivity index (χ3n) is 4.36. The number of ether oxygens (including phenoxy) is 2. The number of hydrogen-bond acceptors (Lipinski definition) is 5. The van der Waals surface area contributed by atoms with Crippen molar-refractivity contribution in [2.24, 2.45) is 4.99 Å². The van der Waals surface area contributed by atoms with E-state index in [4.69, 9.17) is 9.47 Å². The van der Waals surface area contributed by atoms with Crippen LogP contribution < -0.4 is 20.1 Å². The van der Waals surface area contributed by atoms with Crippen LogP contribution in [0.3, 0.4) is 0 Å². The molecule has 0 aliphatic carbocycles. The van der Waals surface area contributed by atoms with Gasteiger partial charge >= 0.3 is 0 Å². The van der Waals surface area contributed by atoms with Gasteiger partial charge in [-0.1, -0.05) is 18.2 Å². The van der Waals surface area contributed by atoms with Crippen LogP contribution in [0.1, 0.15) is 18.1 Å². The molecule has 0 saturated heterocycles. The zero-order valence-corrected chi connectivity index (χ0v) is 20.4. The molecule has 10 heteroatoms. The van der Waals surface area contributed by atoms with Crippen molar-refractivity contribution in [2.45, 2.75) is 24.9 Å². The number of hydrogen-bond donors (Lipinski definition) is 2. The predicted molar refractivity (Wildman–Crippen MR) is 127 cm³/mol. The first-order valence-corrected chi connectivity index (χ1v) is 10.8. The topological polar surface area (TPSA) is 92.3 Å². The summed E-state index contributed by atoms with van der Waals surface area (Å²) in [5, 5.41) is 6.47. The third kappa shape index (κ3) is 5.99. The Bertz CT molecular complexity index is 979. The van der Waals surface area contributed by atoms with Crippen molar-refractivity contribution in [2.75, 3.05) is 27.4 Å². The Morgan fingerprint density at radius 2 is 1.70 bits per heavy atom. The van der Waals surface area contributed by atoms with Gasteiger partial charge in [-0.15, -0.1) is 24.0 Å². The lowest BCUT2D eigenvalue weighted by molar-refractivity contribution is 0.174. The molecule has 0 fully saturated rings. The highest BCUT2D eigenvalue weighted by Crippen LogP contribution is 2.32. The summed E-state index contributed by atoms with van der Waals surface area (Å²) >= 11 is 0. The van der Waals surface area contributed by atoms with Gasteiger partial charge in [0.25, 0.3) is 0 Å². The van der Waals surface area contributed by atoms with Crippen molar-refractivity contribution in [3.05, 3.63) is 53.6 Å². The fraction of sp³-hybridized carbons (Fsp3) is 0.350. The Labute approximate surface area is 194 Å². The molecule has 1 heterocycles. The number of halogens is 1. The maximum absolute atomic E-state index is 12.1. The Hall–Kier alpha value is -2.05. The molecule has 0 unspecified atom stereocenters. The lowest BCUT2D eigenvalue weighted by Crippen LogP contribution is -2.36. The molecule has 0 aromatic heterocycles. The van der Waals surface area contributed by atoms with E-state index in [2.05, 4.69) is 15.6 Å². The zero-order chi connectivity index (χ0) is 20.9. The van der Waals surface area contributed by atoms with Crippen LogP contribution in [0.5, 0.6) is 11.5 Å². The molecular formula is C20H27IN4O4S. The summed E-state index contributed by atoms with van der Waals surface area (Å²) in [6.45, 7) is 3.99. The van der Waals surface area contributed by atoms with Crippen LogP contribution in [0.25, 0.3) is 0 Å². The summed E-state index contributed by atoms with van der Waals surface area (Å²) in [6.07, 6.45) is 0. The maximum Gasteiger partial charge on any atom is 0.242 e. The molecule has 2 N–H and O–H groups in total. The van der Waals surface area contributed by atoms with Crippen LogP contribution in [0.15, 0.2) is 52.4 Å². The molecule has 2 aromatic carbocycles. The monoisotopic (exact) mass is 546 g/mol. The molecule has 0 spiro atoms. The molecule has 1 aliphatic rings. The number of aliphatic imine (C=N–C) groups is 1. The number of guanidine groups is 1. The molecule has 1 aliphatic heterocycles. The average Bonchev–Trinajstić information content (AvgIpc) is 3.18. The first kappa shape index (κ1) is 24.2. The van der Waals surface area contributed by atoms with Crippen LogP contribution >= 0.6 is 24.0 Å². The van der Waals surface area contributed by atoms with Gasteiger partial charge in [0.2, 0.25) is 16.8 Å². The molecule has 164 valence electrons. The van der Waals surface area contributed by atoms with E-state index in [-0.39, 0.29) is 35.7 Å². The molecule has 2 aromatic rings. The number of benzene rings is 2. The van der Waals surface area contributed by atoms with Crippen molar-refractivity contribution in [3.63, 3.8) is 0 Å². The number of sulfonamides is 1. The summed E-state index contributed by atoms with van der Waals surface area (Å²) in [6, 6.07) is 12.6. The van der Waals surface area contributed by atoms with Crippen molar-refractivity contribution in [1.82, 2.24) is 14.9 Å². The van der Waals surface area contributed by atoms with Gasteiger partial charge < -0.3 is 20.1 Å². The minimum Gasteiger partial charge on any atom is -0.454 e. The number of fused-ring (bicyclic) bond motifs is 1. The molecule has 0 bridgehead atoms. The van der Waals surface area contributed by atoms with Gasteiger partial charge in [-0.2, -0.15) is 0 Å². The molecular weight excluding hydrogens is 519 g/mol. The van der Waals surface area contributed by atoms with Crippen molar-refractivity contribution < 1.29 is 17.9 Å². The van der Waals surface area contributed by atoms with Crippen LogP contribution in [0.2, 0.25) is 0 Å². The molecule has 3 rings (SSSR count). The molecule has 0 radical (unpaired) electrons. The van der Waals surface area contributed by atoms with Crippen molar-refractivity contribution in [1.29, 1.82) is 0 Å². The fourth-order valence-corrected chi connectivity index (χ4v) is 3.63. The highest BCUT2D eigenvalue weighted by atomic mass is 127. The Kier molecular flexibility index (Phi) is 8.74. The summed E-state index contributed by atoms with van der Waals surface area (Å²) in [7, 11) is -0.384. The summed E-state index contributed by atoms with van der Waals surface area (Å²) in [5.74, 6) is 2.17.